The topological polar surface area (TPSA) is 70.8 Å². The molecule has 0 aliphatic heterocycles. The van der Waals surface area contributed by atoms with Crippen LogP contribution < -0.4 is 15.0 Å². The second-order valence-electron chi connectivity index (χ2n) is 5.43. The van der Waals surface area contributed by atoms with Gasteiger partial charge in [0.15, 0.2) is 17.1 Å². The summed E-state index contributed by atoms with van der Waals surface area (Å²) in [6.45, 7) is 0.581. The molecule has 2 N–H and O–H groups in total. The van der Waals surface area contributed by atoms with E-state index in [9.17, 15) is 5.11 Å². The van der Waals surface area contributed by atoms with Crippen molar-refractivity contribution in [1.29, 1.82) is 0 Å². The van der Waals surface area contributed by atoms with Gasteiger partial charge in [-0.3, -0.25) is 0 Å². The van der Waals surface area contributed by atoms with Gasteiger partial charge in [0, 0.05) is 32.4 Å². The van der Waals surface area contributed by atoms with Crippen LogP contribution >= 0.6 is 0 Å². The molecular weight excluding hydrogens is 294 g/mol. The van der Waals surface area contributed by atoms with Crippen molar-refractivity contribution < 1.29 is 14.3 Å². The third kappa shape index (κ3) is 3.15. The number of oxazole rings is 1. The Morgan fingerprint density at radius 3 is 2.74 bits per heavy atom. The number of fused-ring (bicyclic) bond motifs is 1. The number of hydrogen-bond acceptors (Lipinski definition) is 6. The minimum absolute atomic E-state index is 0.133. The number of rotatable bonds is 5. The van der Waals surface area contributed by atoms with Crippen LogP contribution in [-0.2, 0) is 6.54 Å². The van der Waals surface area contributed by atoms with E-state index in [0.29, 0.717) is 18.3 Å². The Bertz CT molecular complexity index is 827. The number of hydrogen-bond donors (Lipinski definition) is 2. The fraction of sp³-hybridized carbons (Fsp3) is 0.235. The number of nitrogens with zero attached hydrogens (tertiary/aromatic N) is 2. The highest BCUT2D eigenvalue weighted by Gasteiger charge is 2.08. The number of anilines is 2. The Labute approximate surface area is 134 Å². The molecule has 1 heterocycles. The van der Waals surface area contributed by atoms with Crippen LogP contribution in [0.2, 0.25) is 0 Å². The SMILES string of the molecule is COc1ccc(CNc2ccc3nc(N(C)C)oc3c2)cc1O. The summed E-state index contributed by atoms with van der Waals surface area (Å²) >= 11 is 0. The van der Waals surface area contributed by atoms with Crippen LogP contribution in [0, 0.1) is 0 Å². The zero-order valence-corrected chi connectivity index (χ0v) is 13.3. The van der Waals surface area contributed by atoms with E-state index in [1.807, 2.05) is 43.3 Å². The lowest BCUT2D eigenvalue weighted by molar-refractivity contribution is 0.373. The summed E-state index contributed by atoms with van der Waals surface area (Å²) in [5.74, 6) is 0.598. The van der Waals surface area contributed by atoms with Gasteiger partial charge in [-0.2, -0.15) is 4.98 Å². The number of phenols is 1. The molecule has 0 saturated carbocycles. The molecule has 3 aromatic rings. The van der Waals surface area contributed by atoms with Gasteiger partial charge >= 0.3 is 0 Å². The molecule has 0 atom stereocenters. The largest absolute Gasteiger partial charge is 0.504 e. The van der Waals surface area contributed by atoms with E-state index >= 15 is 0 Å². The van der Waals surface area contributed by atoms with Crippen LogP contribution in [0.1, 0.15) is 5.56 Å². The highest BCUT2D eigenvalue weighted by molar-refractivity contribution is 5.78. The lowest BCUT2D eigenvalue weighted by Gasteiger charge is -2.08. The van der Waals surface area contributed by atoms with Gasteiger partial charge in [0.1, 0.15) is 5.52 Å². The number of ether oxygens (including phenoxy) is 1. The molecule has 0 amide bonds. The number of aromatic nitrogens is 1. The summed E-state index contributed by atoms with van der Waals surface area (Å²) in [5.41, 5.74) is 3.43. The standard InChI is InChI=1S/C17H19N3O3/c1-20(2)17-19-13-6-5-12(9-16(13)23-17)18-10-11-4-7-15(22-3)14(21)8-11/h4-9,18,21H,10H2,1-3H3. The lowest BCUT2D eigenvalue weighted by Crippen LogP contribution is -2.08. The first-order valence-electron chi connectivity index (χ1n) is 7.24. The Hall–Kier alpha value is -2.89. The van der Waals surface area contributed by atoms with Gasteiger partial charge < -0.3 is 24.5 Å². The van der Waals surface area contributed by atoms with Crippen molar-refractivity contribution in [2.24, 2.45) is 0 Å². The van der Waals surface area contributed by atoms with Gasteiger partial charge in [0.25, 0.3) is 6.01 Å². The second kappa shape index (κ2) is 6.08. The van der Waals surface area contributed by atoms with Gasteiger partial charge in [-0.25, -0.2) is 0 Å². The van der Waals surface area contributed by atoms with Crippen molar-refractivity contribution in [3.63, 3.8) is 0 Å². The Morgan fingerprint density at radius 1 is 1.22 bits per heavy atom. The summed E-state index contributed by atoms with van der Waals surface area (Å²) in [6, 6.07) is 11.7. The molecule has 0 spiro atoms. The van der Waals surface area contributed by atoms with Crippen LogP contribution in [0.5, 0.6) is 11.5 Å². The van der Waals surface area contributed by atoms with E-state index in [-0.39, 0.29) is 5.75 Å². The summed E-state index contributed by atoms with van der Waals surface area (Å²) in [6.07, 6.45) is 0. The van der Waals surface area contributed by atoms with E-state index in [0.717, 1.165) is 22.4 Å². The molecule has 0 bridgehead atoms. The van der Waals surface area contributed by atoms with Crippen LogP contribution in [-0.4, -0.2) is 31.3 Å². The minimum Gasteiger partial charge on any atom is -0.504 e. The predicted molar refractivity (Wildman–Crippen MR) is 90.3 cm³/mol. The maximum absolute atomic E-state index is 9.80. The molecule has 6 nitrogen and oxygen atoms in total. The first-order valence-corrected chi connectivity index (χ1v) is 7.24. The van der Waals surface area contributed by atoms with Gasteiger partial charge in [-0.05, 0) is 29.8 Å². The fourth-order valence-electron chi connectivity index (χ4n) is 2.26. The molecule has 0 unspecified atom stereocenters. The molecular formula is C17H19N3O3. The summed E-state index contributed by atoms with van der Waals surface area (Å²) < 4.78 is 10.7. The molecule has 0 aliphatic rings. The third-order valence-corrected chi connectivity index (χ3v) is 3.50. The highest BCUT2D eigenvalue weighted by atomic mass is 16.5. The number of phenolic OH excluding ortho intramolecular Hbond substituents is 1. The lowest BCUT2D eigenvalue weighted by atomic mass is 10.2. The van der Waals surface area contributed by atoms with Crippen molar-refractivity contribution in [2.45, 2.75) is 6.54 Å². The van der Waals surface area contributed by atoms with E-state index in [1.165, 1.54) is 7.11 Å². The van der Waals surface area contributed by atoms with E-state index in [4.69, 9.17) is 9.15 Å². The van der Waals surface area contributed by atoms with Gasteiger partial charge in [0.2, 0.25) is 0 Å². The van der Waals surface area contributed by atoms with E-state index in [2.05, 4.69) is 10.3 Å². The molecule has 120 valence electrons. The molecule has 6 heteroatoms. The quantitative estimate of drug-likeness (QED) is 0.753. The molecule has 0 radical (unpaired) electrons. The van der Waals surface area contributed by atoms with Gasteiger partial charge in [-0.1, -0.05) is 6.07 Å². The average molecular weight is 313 g/mol. The zero-order chi connectivity index (χ0) is 16.4. The van der Waals surface area contributed by atoms with Crippen molar-refractivity contribution in [3.8, 4) is 11.5 Å². The Balaban J connectivity index is 1.75. The average Bonchev–Trinajstić information content (AvgIpc) is 2.96. The first kappa shape index (κ1) is 15.0. The highest BCUT2D eigenvalue weighted by Crippen LogP contribution is 2.27. The number of benzene rings is 2. The smallest absolute Gasteiger partial charge is 0.297 e. The number of methoxy groups -OCH3 is 1. The van der Waals surface area contributed by atoms with E-state index in [1.54, 1.807) is 12.1 Å². The second-order valence-corrected chi connectivity index (χ2v) is 5.43. The van der Waals surface area contributed by atoms with Crippen LogP contribution in [0.3, 0.4) is 0 Å². The number of nitrogens with one attached hydrogen (secondary N) is 1. The van der Waals surface area contributed by atoms with Gasteiger partial charge in [-0.15, -0.1) is 0 Å². The van der Waals surface area contributed by atoms with Crippen molar-refractivity contribution in [1.82, 2.24) is 4.98 Å². The molecule has 1 aromatic heterocycles. The maximum atomic E-state index is 9.80. The van der Waals surface area contributed by atoms with Crippen LogP contribution in [0.15, 0.2) is 40.8 Å². The molecule has 0 fully saturated rings. The van der Waals surface area contributed by atoms with Crippen LogP contribution in [0.4, 0.5) is 11.7 Å². The summed E-state index contributed by atoms with van der Waals surface area (Å²) in [7, 11) is 5.31. The maximum Gasteiger partial charge on any atom is 0.297 e. The molecule has 0 saturated heterocycles. The predicted octanol–water partition coefficient (Wildman–Crippen LogP) is 3.22. The van der Waals surface area contributed by atoms with Crippen molar-refractivity contribution in [2.75, 3.05) is 31.4 Å². The molecule has 0 aliphatic carbocycles. The summed E-state index contributed by atoms with van der Waals surface area (Å²) in [4.78, 5) is 6.21. The molecule has 2 aromatic carbocycles. The fourth-order valence-corrected chi connectivity index (χ4v) is 2.26. The Kier molecular flexibility index (Phi) is 3.97. The zero-order valence-electron chi connectivity index (χ0n) is 13.3. The van der Waals surface area contributed by atoms with Crippen molar-refractivity contribution in [3.05, 3.63) is 42.0 Å². The van der Waals surface area contributed by atoms with E-state index < -0.39 is 0 Å². The molecule has 23 heavy (non-hydrogen) atoms. The number of aromatic hydroxyl groups is 1. The van der Waals surface area contributed by atoms with Crippen LogP contribution in [0.25, 0.3) is 11.1 Å². The van der Waals surface area contributed by atoms with Gasteiger partial charge in [0.05, 0.1) is 7.11 Å². The Morgan fingerprint density at radius 2 is 2.04 bits per heavy atom. The normalized spacial score (nSPS) is 10.7. The summed E-state index contributed by atoms with van der Waals surface area (Å²) in [5, 5.41) is 13.1. The first-order chi connectivity index (χ1) is 11.1. The minimum atomic E-state index is 0.133. The third-order valence-electron chi connectivity index (χ3n) is 3.50. The molecule has 3 rings (SSSR count). The monoisotopic (exact) mass is 313 g/mol. The van der Waals surface area contributed by atoms with Crippen molar-refractivity contribution >= 4 is 22.8 Å².